The first-order chi connectivity index (χ1) is 7.66. The summed E-state index contributed by atoms with van der Waals surface area (Å²) >= 11 is 0. The lowest BCUT2D eigenvalue weighted by Crippen LogP contribution is -2.06. The minimum Gasteiger partial charge on any atom is -0.397 e. The molecule has 16 heavy (non-hydrogen) atoms. The van der Waals surface area contributed by atoms with E-state index in [0.717, 1.165) is 11.2 Å². The van der Waals surface area contributed by atoms with Crippen molar-refractivity contribution in [3.63, 3.8) is 0 Å². The molecule has 4 nitrogen and oxygen atoms in total. The number of anilines is 1. The number of nitrogen functional groups attached to an aromatic ring is 1. The molecule has 0 amide bonds. The second-order valence-corrected chi connectivity index (χ2v) is 4.82. The minimum absolute atomic E-state index is 0.400. The highest BCUT2D eigenvalue weighted by Gasteiger charge is 2.30. The van der Waals surface area contributed by atoms with Crippen molar-refractivity contribution in [1.29, 1.82) is 0 Å². The Morgan fingerprint density at radius 2 is 2.19 bits per heavy atom. The third-order valence-corrected chi connectivity index (χ3v) is 3.04. The summed E-state index contributed by atoms with van der Waals surface area (Å²) in [7, 11) is 0. The molecule has 2 N–H and O–H groups in total. The number of aromatic nitrogens is 3. The number of rotatable bonds is 2. The van der Waals surface area contributed by atoms with Gasteiger partial charge in [-0.25, -0.2) is 9.97 Å². The van der Waals surface area contributed by atoms with Gasteiger partial charge in [0, 0.05) is 12.0 Å². The van der Waals surface area contributed by atoms with Gasteiger partial charge in [0.2, 0.25) is 0 Å². The summed E-state index contributed by atoms with van der Waals surface area (Å²) in [5, 5.41) is 0. The highest BCUT2D eigenvalue weighted by Crippen LogP contribution is 2.41. The average molecular weight is 216 g/mol. The molecule has 4 heteroatoms. The van der Waals surface area contributed by atoms with Crippen LogP contribution in [0.3, 0.4) is 0 Å². The summed E-state index contributed by atoms with van der Waals surface area (Å²) < 4.78 is 2.24. The van der Waals surface area contributed by atoms with Crippen molar-refractivity contribution >= 4 is 16.9 Å². The SMILES string of the molecule is CC(C)n1c(C2CC2)nc2cc(N)cnc21. The van der Waals surface area contributed by atoms with Gasteiger partial charge in [-0.15, -0.1) is 0 Å². The number of nitrogens with zero attached hydrogens (tertiary/aromatic N) is 3. The molecule has 0 atom stereocenters. The van der Waals surface area contributed by atoms with Crippen molar-refractivity contribution in [2.45, 2.75) is 38.6 Å². The second kappa shape index (κ2) is 3.20. The molecule has 0 unspecified atom stereocenters. The molecule has 0 spiro atoms. The van der Waals surface area contributed by atoms with E-state index in [9.17, 15) is 0 Å². The molecule has 0 bridgehead atoms. The van der Waals surface area contributed by atoms with Crippen LogP contribution in [0.2, 0.25) is 0 Å². The zero-order chi connectivity index (χ0) is 11.3. The lowest BCUT2D eigenvalue weighted by atomic mass is 10.3. The zero-order valence-electron chi connectivity index (χ0n) is 9.64. The number of pyridine rings is 1. The first kappa shape index (κ1) is 9.63. The van der Waals surface area contributed by atoms with E-state index >= 15 is 0 Å². The van der Waals surface area contributed by atoms with E-state index in [1.165, 1.54) is 18.7 Å². The van der Waals surface area contributed by atoms with Gasteiger partial charge >= 0.3 is 0 Å². The van der Waals surface area contributed by atoms with Gasteiger partial charge in [-0.1, -0.05) is 0 Å². The first-order valence-corrected chi connectivity index (χ1v) is 5.80. The molecule has 0 aromatic carbocycles. The fourth-order valence-corrected chi connectivity index (χ4v) is 2.15. The largest absolute Gasteiger partial charge is 0.397 e. The van der Waals surface area contributed by atoms with E-state index in [2.05, 4.69) is 28.4 Å². The molecule has 2 heterocycles. The molecule has 0 aliphatic heterocycles. The highest BCUT2D eigenvalue weighted by molar-refractivity contribution is 5.75. The molecular formula is C12H16N4. The average Bonchev–Trinajstić information content (AvgIpc) is 2.99. The summed E-state index contributed by atoms with van der Waals surface area (Å²) in [6.07, 6.45) is 4.22. The van der Waals surface area contributed by atoms with Crippen LogP contribution in [0.25, 0.3) is 11.2 Å². The third-order valence-electron chi connectivity index (χ3n) is 3.04. The fourth-order valence-electron chi connectivity index (χ4n) is 2.15. The maximum atomic E-state index is 5.74. The van der Waals surface area contributed by atoms with Crippen molar-refractivity contribution in [3.8, 4) is 0 Å². The molecule has 2 aromatic rings. The first-order valence-electron chi connectivity index (χ1n) is 5.80. The van der Waals surface area contributed by atoms with Gasteiger partial charge in [-0.05, 0) is 32.8 Å². The number of hydrogen-bond donors (Lipinski definition) is 1. The van der Waals surface area contributed by atoms with Crippen LogP contribution in [0, 0.1) is 0 Å². The van der Waals surface area contributed by atoms with Crippen molar-refractivity contribution in [1.82, 2.24) is 14.5 Å². The van der Waals surface area contributed by atoms with Gasteiger partial charge < -0.3 is 10.3 Å². The van der Waals surface area contributed by atoms with Gasteiger partial charge in [0.15, 0.2) is 5.65 Å². The van der Waals surface area contributed by atoms with Crippen LogP contribution >= 0.6 is 0 Å². The molecule has 3 rings (SSSR count). The fraction of sp³-hybridized carbons (Fsp3) is 0.500. The topological polar surface area (TPSA) is 56.7 Å². The molecule has 1 aliphatic carbocycles. The van der Waals surface area contributed by atoms with E-state index in [1.54, 1.807) is 6.20 Å². The number of hydrogen-bond acceptors (Lipinski definition) is 3. The van der Waals surface area contributed by atoms with Crippen LogP contribution in [0.4, 0.5) is 5.69 Å². The molecule has 84 valence electrons. The summed E-state index contributed by atoms with van der Waals surface area (Å²) in [6, 6.07) is 2.31. The number of imidazole rings is 1. The Balaban J connectivity index is 2.28. The summed E-state index contributed by atoms with van der Waals surface area (Å²) in [5.41, 5.74) is 8.31. The Labute approximate surface area is 94.5 Å². The Hall–Kier alpha value is -1.58. The monoisotopic (exact) mass is 216 g/mol. The van der Waals surface area contributed by atoms with Gasteiger partial charge in [0.05, 0.1) is 11.9 Å². The minimum atomic E-state index is 0.400. The van der Waals surface area contributed by atoms with Crippen molar-refractivity contribution in [3.05, 3.63) is 18.1 Å². The Bertz CT molecular complexity index is 537. The van der Waals surface area contributed by atoms with Gasteiger partial charge in [-0.2, -0.15) is 0 Å². The van der Waals surface area contributed by atoms with Crippen molar-refractivity contribution in [2.24, 2.45) is 0 Å². The van der Waals surface area contributed by atoms with Crippen molar-refractivity contribution < 1.29 is 0 Å². The Morgan fingerprint density at radius 3 is 2.81 bits per heavy atom. The van der Waals surface area contributed by atoms with E-state index in [4.69, 9.17) is 5.73 Å². The Morgan fingerprint density at radius 1 is 1.44 bits per heavy atom. The van der Waals surface area contributed by atoms with Crippen LogP contribution in [0.1, 0.15) is 44.5 Å². The lowest BCUT2D eigenvalue weighted by molar-refractivity contribution is 0.581. The molecule has 0 saturated heterocycles. The van der Waals surface area contributed by atoms with Crippen LogP contribution in [-0.4, -0.2) is 14.5 Å². The number of nitrogens with two attached hydrogens (primary N) is 1. The summed E-state index contributed by atoms with van der Waals surface area (Å²) in [4.78, 5) is 9.09. The summed E-state index contributed by atoms with van der Waals surface area (Å²) in [6.45, 7) is 4.34. The second-order valence-electron chi connectivity index (χ2n) is 4.82. The molecule has 2 aromatic heterocycles. The highest BCUT2D eigenvalue weighted by atomic mass is 15.2. The van der Waals surface area contributed by atoms with Crippen molar-refractivity contribution in [2.75, 3.05) is 5.73 Å². The van der Waals surface area contributed by atoms with Gasteiger partial charge in [0.1, 0.15) is 11.3 Å². The predicted molar refractivity (Wildman–Crippen MR) is 64.3 cm³/mol. The van der Waals surface area contributed by atoms with E-state index < -0.39 is 0 Å². The quantitative estimate of drug-likeness (QED) is 0.839. The van der Waals surface area contributed by atoms with Gasteiger partial charge in [-0.3, -0.25) is 0 Å². The summed E-state index contributed by atoms with van der Waals surface area (Å²) in [5.74, 6) is 1.82. The van der Waals surface area contributed by atoms with Gasteiger partial charge in [0.25, 0.3) is 0 Å². The third kappa shape index (κ3) is 1.37. The predicted octanol–water partition coefficient (Wildman–Crippen LogP) is 2.47. The maximum absolute atomic E-state index is 5.74. The number of fused-ring (bicyclic) bond motifs is 1. The molecule has 1 aliphatic rings. The standard InChI is InChI=1S/C12H16N4/c1-7(2)16-11(8-3-4-8)15-10-5-9(13)6-14-12(10)16/h5-8H,3-4,13H2,1-2H3. The van der Waals surface area contributed by atoms with Crippen LogP contribution < -0.4 is 5.73 Å². The van der Waals surface area contributed by atoms with E-state index in [0.29, 0.717) is 17.6 Å². The molecular weight excluding hydrogens is 200 g/mol. The van der Waals surface area contributed by atoms with E-state index in [-0.39, 0.29) is 0 Å². The molecule has 1 fully saturated rings. The molecule has 0 radical (unpaired) electrons. The van der Waals surface area contributed by atoms with Crippen LogP contribution in [0.5, 0.6) is 0 Å². The molecule has 1 saturated carbocycles. The van der Waals surface area contributed by atoms with Crippen LogP contribution in [-0.2, 0) is 0 Å². The lowest BCUT2D eigenvalue weighted by Gasteiger charge is -2.11. The Kier molecular flexibility index (Phi) is 1.93. The normalized spacial score (nSPS) is 16.2. The zero-order valence-corrected chi connectivity index (χ0v) is 9.64. The maximum Gasteiger partial charge on any atom is 0.160 e. The van der Waals surface area contributed by atoms with Crippen LogP contribution in [0.15, 0.2) is 12.3 Å². The van der Waals surface area contributed by atoms with E-state index in [1.807, 2.05) is 6.07 Å². The smallest absolute Gasteiger partial charge is 0.160 e.